The number of alkyl halides is 3. The molecule has 21 nitrogen and oxygen atoms in total. The summed E-state index contributed by atoms with van der Waals surface area (Å²) in [6.07, 6.45) is -5.45. The van der Waals surface area contributed by atoms with Crippen LogP contribution in [0.1, 0.15) is 79.2 Å². The fourth-order valence-electron chi connectivity index (χ4n) is 10.8. The molecule has 0 amide bonds. The fourth-order valence-corrected chi connectivity index (χ4v) is 10.8. The Balaban J connectivity index is 0.000000237. The molecule has 500 valence electrons. The lowest BCUT2D eigenvalue weighted by atomic mass is 9.96. The van der Waals surface area contributed by atoms with Crippen molar-refractivity contribution in [3.8, 4) is 45.6 Å². The third-order valence-electron chi connectivity index (χ3n) is 14.6. The molecular weight excluding hydrogens is 1230 g/mol. The summed E-state index contributed by atoms with van der Waals surface area (Å²) in [4.78, 5) is 109. The van der Waals surface area contributed by atoms with Gasteiger partial charge in [0.05, 0.1) is 103 Å². The van der Waals surface area contributed by atoms with Gasteiger partial charge >= 0.3 is 24.3 Å². The van der Waals surface area contributed by atoms with Gasteiger partial charge in [-0.1, -0.05) is 108 Å². The summed E-state index contributed by atoms with van der Waals surface area (Å²) in [5, 5.41) is 13.5. The largest absolute Gasteiger partial charge is 0.480 e. The Kier molecular flexibility index (Phi) is 25.0. The molecule has 10 heterocycles. The van der Waals surface area contributed by atoms with Crippen LogP contribution < -0.4 is 0 Å². The number of rotatable bonds is 8. The van der Waals surface area contributed by atoms with Gasteiger partial charge in [0.15, 0.2) is 0 Å². The maximum atomic E-state index is 13.0. The number of halogens is 3. The number of aromatic nitrogens is 8. The molecule has 0 saturated carbocycles. The predicted molar refractivity (Wildman–Crippen MR) is 359 cm³/mol. The van der Waals surface area contributed by atoms with Gasteiger partial charge in [-0.25, -0.2) is 39.9 Å². The zero-order chi connectivity index (χ0) is 67.2. The first-order valence-electron chi connectivity index (χ1n) is 30.1. The van der Waals surface area contributed by atoms with Gasteiger partial charge in [0.1, 0.15) is 12.3 Å². The average Bonchev–Trinajstić information content (AvgIpc) is 0.788. The van der Waals surface area contributed by atoms with E-state index in [1.54, 1.807) is 4.90 Å². The first-order chi connectivity index (χ1) is 44.9. The summed E-state index contributed by atoms with van der Waals surface area (Å²) >= 11 is 0. The Morgan fingerprint density at radius 2 is 0.760 bits per heavy atom. The van der Waals surface area contributed by atoms with Gasteiger partial charge < -0.3 is 14.6 Å². The summed E-state index contributed by atoms with van der Waals surface area (Å²) in [6, 6.07) is 48.0. The van der Waals surface area contributed by atoms with E-state index in [0.29, 0.717) is 69.4 Å². The molecule has 24 heteroatoms. The van der Waals surface area contributed by atoms with Crippen molar-refractivity contribution in [1.82, 2.24) is 59.5 Å². The number of ether oxygens (including phenoxy) is 2. The van der Waals surface area contributed by atoms with Crippen LogP contribution in [-0.4, -0.2) is 160 Å². The van der Waals surface area contributed by atoms with Crippen molar-refractivity contribution in [1.29, 1.82) is 0 Å². The number of carboxylic acids is 1. The van der Waals surface area contributed by atoms with Gasteiger partial charge in [0.2, 0.25) is 6.29 Å². The number of hydrogen-bond acceptors (Lipinski definition) is 20. The molecule has 10 aromatic rings. The number of pyridine rings is 8. The highest BCUT2D eigenvalue weighted by Gasteiger charge is 2.26. The molecule has 2 aliphatic rings. The number of nitrogens with zero attached hydrogens (tertiary/aromatic N) is 12. The summed E-state index contributed by atoms with van der Waals surface area (Å²) in [6.45, 7) is 18.0. The number of esters is 1. The molecule has 12 rings (SSSR count). The lowest BCUT2D eigenvalue weighted by Crippen LogP contribution is -2.41. The molecule has 0 atom stereocenters. The molecule has 2 aromatic carbocycles. The standard InChI is InChI=1S/C37H42N6O2.C30H26N6O4.C2HF3O.CO2.2CH4/c1-36(2,3)24-43-20-19-42(23-33(44)45-37(4,5)6)21-27-9-7-11-29(38-27)31-17-15-25-13-14-26-16-18-32(41-35(26)34(25)40-31)30-12-8-10-28(22-43)39-30;37-19-40-18-36-14-13-35(17-28(38)39)15-22-3-1-5-24(31-22)26-11-9-20-7-8-21-10-12-27(34-30(21)29(20)33-26)25-6-2-4-23(16-36)32-25;3-2(4,5)1-6;2-1-3;;/h7-18H,19-24H2,1-6H3;1-12,19H,13-18H2,(H,38,39);1H;;2*1H4. The Labute approximate surface area is 554 Å². The number of hydrogen-bond donors (Lipinski definition) is 1. The van der Waals surface area contributed by atoms with E-state index in [9.17, 15) is 32.7 Å². The van der Waals surface area contributed by atoms with E-state index in [4.69, 9.17) is 63.7 Å². The Morgan fingerprint density at radius 1 is 0.469 bits per heavy atom. The SMILES string of the molecule is C.C.CC(C)(C)CN1CCN(CC(=O)OC(C)(C)C)Cc2cccc(n2)-c2ccc3ccc4ccc(nc4c3n2)-c2cccc(n2)C1.O=C=O.O=CC(F)(F)F.O=COCN1CCN(CC(=O)O)Cc2cccc(n2)-c2ccc3ccc4ccc(nc4c3n2)-c2cccc(n2)C1. The fraction of sp³-hybridized carbons (Fsp3) is 0.319. The molecule has 1 N–H and O–H groups in total. The molecule has 16 bridgehead atoms. The second-order valence-electron chi connectivity index (χ2n) is 24.6. The lowest BCUT2D eigenvalue weighted by Gasteiger charge is -2.32. The van der Waals surface area contributed by atoms with E-state index in [-0.39, 0.29) is 52.2 Å². The Morgan fingerprint density at radius 3 is 1.07 bits per heavy atom. The van der Waals surface area contributed by atoms with E-state index >= 15 is 0 Å². The van der Waals surface area contributed by atoms with E-state index in [0.717, 1.165) is 108 Å². The van der Waals surface area contributed by atoms with Gasteiger partial charge in [0.25, 0.3) is 6.47 Å². The zero-order valence-corrected chi connectivity index (χ0v) is 52.7. The van der Waals surface area contributed by atoms with Crippen LogP contribution in [0.5, 0.6) is 0 Å². The highest BCUT2D eigenvalue weighted by Crippen LogP contribution is 2.31. The second-order valence-corrected chi connectivity index (χ2v) is 24.6. The van der Waals surface area contributed by atoms with Crippen LogP contribution in [0.4, 0.5) is 13.2 Å². The van der Waals surface area contributed by atoms with Crippen molar-refractivity contribution in [2.75, 3.05) is 52.5 Å². The maximum absolute atomic E-state index is 13.0. The minimum Gasteiger partial charge on any atom is -0.480 e. The van der Waals surface area contributed by atoms with E-state index < -0.39 is 24.0 Å². The molecule has 0 aliphatic carbocycles. The highest BCUT2D eigenvalue weighted by atomic mass is 19.4. The van der Waals surface area contributed by atoms with Gasteiger partial charge in [0, 0.05) is 80.4 Å². The van der Waals surface area contributed by atoms with Gasteiger partial charge in [-0.05, 0) is 99.0 Å². The van der Waals surface area contributed by atoms with Crippen LogP contribution in [0, 0.1) is 5.41 Å². The number of benzene rings is 2. The number of carbonyl (C=O) groups is 4. The zero-order valence-electron chi connectivity index (χ0n) is 52.7. The predicted octanol–water partition coefficient (Wildman–Crippen LogP) is 12.1. The van der Waals surface area contributed by atoms with E-state index in [2.05, 4.69) is 67.0 Å². The van der Waals surface area contributed by atoms with Crippen LogP contribution in [0.2, 0.25) is 0 Å². The summed E-state index contributed by atoms with van der Waals surface area (Å²) < 4.78 is 42.0. The van der Waals surface area contributed by atoms with Crippen molar-refractivity contribution >= 4 is 74.5 Å². The molecule has 0 unspecified atom stereocenters. The number of aldehydes is 1. The van der Waals surface area contributed by atoms with Crippen LogP contribution in [0.15, 0.2) is 146 Å². The van der Waals surface area contributed by atoms with Crippen molar-refractivity contribution in [3.05, 3.63) is 168 Å². The lowest BCUT2D eigenvalue weighted by molar-refractivity contribution is -0.191. The van der Waals surface area contributed by atoms with Gasteiger partial charge in [-0.2, -0.15) is 22.8 Å². The minimum atomic E-state index is -4.64. The molecule has 96 heavy (non-hydrogen) atoms. The van der Waals surface area contributed by atoms with Crippen LogP contribution in [0.3, 0.4) is 0 Å². The van der Waals surface area contributed by atoms with Crippen LogP contribution >= 0.6 is 0 Å². The monoisotopic (exact) mass is 1310 g/mol. The van der Waals surface area contributed by atoms with Crippen molar-refractivity contribution < 1.29 is 56.5 Å². The first-order valence-corrected chi connectivity index (χ1v) is 30.1. The molecule has 0 saturated heterocycles. The van der Waals surface area contributed by atoms with Crippen molar-refractivity contribution in [3.63, 3.8) is 0 Å². The molecule has 0 fully saturated rings. The Hall–Kier alpha value is -10.2. The Bertz CT molecular complexity index is 4400. The van der Waals surface area contributed by atoms with Crippen molar-refractivity contribution in [2.24, 2.45) is 5.41 Å². The quantitative estimate of drug-likeness (QED) is 0.0842. The van der Waals surface area contributed by atoms with Crippen LogP contribution in [-0.2, 0) is 64.4 Å². The first kappa shape index (κ1) is 73.2. The third-order valence-corrected chi connectivity index (χ3v) is 14.6. The van der Waals surface area contributed by atoms with E-state index in [1.807, 2.05) is 135 Å². The molecule has 8 aromatic heterocycles. The van der Waals surface area contributed by atoms with Gasteiger partial charge in [-0.3, -0.25) is 38.8 Å². The second kappa shape index (κ2) is 32.8. The van der Waals surface area contributed by atoms with Gasteiger partial charge in [-0.15, -0.1) is 0 Å². The van der Waals surface area contributed by atoms with Crippen molar-refractivity contribution in [2.45, 2.75) is 94.4 Å². The normalized spacial score (nSPS) is 13.8. The maximum Gasteiger partial charge on any atom is 0.446 e. The molecule has 0 spiro atoms. The number of carbonyl (C=O) groups excluding carboxylic acids is 5. The number of fused-ring (bicyclic) bond motifs is 16. The topological polar surface area (TPSA) is 257 Å². The smallest absolute Gasteiger partial charge is 0.446 e. The van der Waals surface area contributed by atoms with Crippen LogP contribution in [0.25, 0.3) is 89.2 Å². The molecule has 2 aliphatic heterocycles. The summed E-state index contributed by atoms with van der Waals surface area (Å²) in [7, 11) is 0. The summed E-state index contributed by atoms with van der Waals surface area (Å²) in [5.41, 5.74) is 12.1. The number of aliphatic carboxylic acids is 1. The highest BCUT2D eigenvalue weighted by molar-refractivity contribution is 6.05. The third kappa shape index (κ3) is 20.6. The molecule has 0 radical (unpaired) electrons. The van der Waals surface area contributed by atoms with E-state index in [1.165, 1.54) is 0 Å². The number of carboxylic acid groups (broad SMARTS) is 1. The summed E-state index contributed by atoms with van der Waals surface area (Å²) in [5.74, 6) is -1.18. The molecular formula is C72H77F3N12O9. The minimum absolute atomic E-state index is 0. The average molecular weight is 1310 g/mol.